The number of nitrogens with zero attached hydrogens (tertiary/aromatic N) is 1. The van der Waals surface area contributed by atoms with Gasteiger partial charge in [-0.1, -0.05) is 58.7 Å². The minimum Gasteiger partial charge on any atom is -0.312 e. The van der Waals surface area contributed by atoms with Crippen molar-refractivity contribution in [2.24, 2.45) is 5.16 Å². The lowest BCUT2D eigenvalue weighted by Gasteiger charge is -2.18. The van der Waals surface area contributed by atoms with Crippen LogP contribution in [0.3, 0.4) is 0 Å². The van der Waals surface area contributed by atoms with Crippen molar-refractivity contribution < 1.29 is 14.4 Å². The summed E-state index contributed by atoms with van der Waals surface area (Å²) in [5.41, 5.74) is 6.37. The summed E-state index contributed by atoms with van der Waals surface area (Å²) in [7, 11) is 0. The zero-order valence-corrected chi connectivity index (χ0v) is 20.1. The molecule has 0 aliphatic carbocycles. The molecule has 0 spiro atoms. The average Bonchev–Trinajstić information content (AvgIpc) is 2.79. The monoisotopic (exact) mass is 467 g/mol. The van der Waals surface area contributed by atoms with Crippen LogP contribution in [0.2, 0.25) is 10.0 Å². The molecular weight excluding hydrogens is 445 g/mol. The lowest BCUT2D eigenvalue weighted by Crippen LogP contribution is -2.21. The summed E-state index contributed by atoms with van der Waals surface area (Å²) in [6, 6.07) is 13.3. The summed E-state index contributed by atoms with van der Waals surface area (Å²) in [6.45, 7) is 9.89. The van der Waals surface area contributed by atoms with Crippen molar-refractivity contribution >= 4 is 40.7 Å². The van der Waals surface area contributed by atoms with Crippen molar-refractivity contribution in [3.8, 4) is 0 Å². The highest BCUT2D eigenvalue weighted by atomic mass is 35.5. The third-order valence-electron chi connectivity index (χ3n) is 5.86. The van der Waals surface area contributed by atoms with E-state index in [1.54, 1.807) is 24.3 Å². The number of halogens is 2. The molecule has 0 aliphatic heterocycles. The Hall–Kier alpha value is -2.95. The molecule has 6 heteroatoms. The van der Waals surface area contributed by atoms with E-state index in [0.29, 0.717) is 16.1 Å². The predicted octanol–water partition coefficient (Wildman–Crippen LogP) is 6.98. The van der Waals surface area contributed by atoms with Gasteiger partial charge in [0.05, 0.1) is 15.6 Å². The maximum atomic E-state index is 13.7. The maximum absolute atomic E-state index is 13.7. The van der Waals surface area contributed by atoms with Gasteiger partial charge in [0.15, 0.2) is 5.71 Å². The highest BCUT2D eigenvalue weighted by Gasteiger charge is 2.24. The molecule has 0 fully saturated rings. The van der Waals surface area contributed by atoms with Gasteiger partial charge in [0, 0.05) is 11.1 Å². The molecule has 3 aromatic rings. The number of hydrogen-bond donors (Lipinski definition) is 0. The highest BCUT2D eigenvalue weighted by molar-refractivity contribution is 6.52. The van der Waals surface area contributed by atoms with Crippen molar-refractivity contribution in [2.45, 2.75) is 34.6 Å². The number of carbonyl (C=O) groups excluding carboxylic acids is 2. The molecule has 32 heavy (non-hydrogen) atoms. The molecule has 0 aromatic heterocycles. The van der Waals surface area contributed by atoms with Crippen molar-refractivity contribution in [2.75, 3.05) is 0 Å². The second-order valence-corrected chi connectivity index (χ2v) is 8.46. The lowest BCUT2D eigenvalue weighted by molar-refractivity contribution is 0.0516. The van der Waals surface area contributed by atoms with Crippen LogP contribution >= 0.6 is 23.2 Å². The van der Waals surface area contributed by atoms with E-state index in [0.717, 1.165) is 27.8 Å². The van der Waals surface area contributed by atoms with E-state index in [4.69, 9.17) is 28.0 Å². The molecule has 0 aliphatic rings. The van der Waals surface area contributed by atoms with Crippen LogP contribution in [0, 0.1) is 34.6 Å². The van der Waals surface area contributed by atoms with Crippen LogP contribution in [0.5, 0.6) is 0 Å². The smallest absolute Gasteiger partial charge is 0.312 e. The fraction of sp³-hybridized carbons (Fsp3) is 0.192. The minimum absolute atomic E-state index is 0.0489. The van der Waals surface area contributed by atoms with Crippen LogP contribution in [0.15, 0.2) is 53.7 Å². The van der Waals surface area contributed by atoms with Crippen molar-refractivity contribution in [3.05, 3.63) is 103 Å². The second kappa shape index (κ2) is 9.68. The molecule has 0 N–H and O–H groups in total. The molecule has 0 heterocycles. The van der Waals surface area contributed by atoms with Crippen LogP contribution in [-0.2, 0) is 4.84 Å². The number of carbonyl (C=O) groups is 2. The van der Waals surface area contributed by atoms with Crippen LogP contribution in [0.25, 0.3) is 0 Å². The Balaban J connectivity index is 2.07. The number of benzene rings is 3. The van der Waals surface area contributed by atoms with Gasteiger partial charge in [0.25, 0.3) is 0 Å². The number of hydrogen-bond acceptors (Lipinski definition) is 4. The molecule has 0 saturated heterocycles. The highest BCUT2D eigenvalue weighted by Crippen LogP contribution is 2.28. The number of rotatable bonds is 5. The Morgan fingerprint density at radius 3 is 1.84 bits per heavy atom. The summed E-state index contributed by atoms with van der Waals surface area (Å²) in [5.74, 6) is -1.05. The predicted molar refractivity (Wildman–Crippen MR) is 129 cm³/mol. The van der Waals surface area contributed by atoms with E-state index in [-0.39, 0.29) is 22.1 Å². The summed E-state index contributed by atoms with van der Waals surface area (Å²) in [4.78, 5) is 31.4. The van der Waals surface area contributed by atoms with Crippen LogP contribution < -0.4 is 0 Å². The van der Waals surface area contributed by atoms with Crippen molar-refractivity contribution in [1.82, 2.24) is 0 Å². The zero-order chi connectivity index (χ0) is 23.6. The van der Waals surface area contributed by atoms with Crippen LogP contribution in [-0.4, -0.2) is 17.5 Å². The van der Waals surface area contributed by atoms with E-state index in [2.05, 4.69) is 5.16 Å². The molecule has 3 aromatic carbocycles. The summed E-state index contributed by atoms with van der Waals surface area (Å²) in [6.07, 6.45) is 0. The maximum Gasteiger partial charge on any atom is 0.365 e. The topological polar surface area (TPSA) is 55.7 Å². The number of oxime groups is 1. The summed E-state index contributed by atoms with van der Waals surface area (Å²) >= 11 is 11.9. The minimum atomic E-state index is -0.741. The van der Waals surface area contributed by atoms with Gasteiger partial charge >= 0.3 is 5.97 Å². The van der Waals surface area contributed by atoms with Gasteiger partial charge in [0.2, 0.25) is 5.78 Å². The summed E-state index contributed by atoms with van der Waals surface area (Å²) < 4.78 is 0. The first kappa shape index (κ1) is 23.7. The standard InChI is InChI=1S/C26H23Cl2NO3/c1-14-15(2)17(4)23(18(5)16(14)3)25(30)24(19-9-7-6-8-10-19)29-32-26(31)20-11-12-21(27)22(28)13-20/h6-13H,1-5H3. The first-order chi connectivity index (χ1) is 15.1. The Bertz CT molecular complexity index is 1220. The number of Topliss-reactive ketones (excluding diaryl/α,β-unsaturated/α-hetero) is 1. The quantitative estimate of drug-likeness (QED) is 0.176. The zero-order valence-electron chi connectivity index (χ0n) is 18.5. The first-order valence-electron chi connectivity index (χ1n) is 10.0. The lowest BCUT2D eigenvalue weighted by atomic mass is 9.86. The Labute approximate surface area is 197 Å². The van der Waals surface area contributed by atoms with Crippen LogP contribution in [0.4, 0.5) is 0 Å². The molecule has 0 saturated carbocycles. The largest absolute Gasteiger partial charge is 0.365 e. The number of ketones is 1. The summed E-state index contributed by atoms with van der Waals surface area (Å²) in [5, 5.41) is 4.55. The molecule has 4 nitrogen and oxygen atoms in total. The second-order valence-electron chi connectivity index (χ2n) is 7.64. The Kier molecular flexibility index (Phi) is 7.17. The van der Waals surface area contributed by atoms with Crippen LogP contribution in [0.1, 0.15) is 54.1 Å². The van der Waals surface area contributed by atoms with E-state index < -0.39 is 5.97 Å². The Morgan fingerprint density at radius 1 is 0.719 bits per heavy atom. The average molecular weight is 468 g/mol. The fourth-order valence-corrected chi connectivity index (χ4v) is 3.84. The van der Waals surface area contributed by atoms with Gasteiger partial charge in [0.1, 0.15) is 0 Å². The fourth-order valence-electron chi connectivity index (χ4n) is 3.54. The van der Waals surface area contributed by atoms with Crippen molar-refractivity contribution in [3.63, 3.8) is 0 Å². The SMILES string of the molecule is Cc1c(C)c(C)c(C(=O)C(=NOC(=O)c2ccc(Cl)c(Cl)c2)c2ccccc2)c(C)c1C. The Morgan fingerprint density at radius 2 is 1.28 bits per heavy atom. The molecule has 0 atom stereocenters. The molecule has 3 rings (SSSR count). The molecule has 0 amide bonds. The normalized spacial score (nSPS) is 11.4. The van der Waals surface area contributed by atoms with Crippen molar-refractivity contribution in [1.29, 1.82) is 0 Å². The van der Waals surface area contributed by atoms with E-state index in [1.807, 2.05) is 40.7 Å². The van der Waals surface area contributed by atoms with Gasteiger partial charge in [-0.05, 0) is 80.6 Å². The molecule has 0 unspecified atom stereocenters. The van der Waals surface area contributed by atoms with Gasteiger partial charge in [-0.3, -0.25) is 4.79 Å². The van der Waals surface area contributed by atoms with Gasteiger partial charge < -0.3 is 4.84 Å². The molecule has 164 valence electrons. The van der Waals surface area contributed by atoms with Gasteiger partial charge in [-0.25, -0.2) is 4.79 Å². The van der Waals surface area contributed by atoms with Gasteiger partial charge in [-0.2, -0.15) is 0 Å². The van der Waals surface area contributed by atoms with Gasteiger partial charge in [-0.15, -0.1) is 0 Å². The first-order valence-corrected chi connectivity index (χ1v) is 10.8. The van der Waals surface area contributed by atoms with E-state index >= 15 is 0 Å². The molecular formula is C26H23Cl2NO3. The third-order valence-corrected chi connectivity index (χ3v) is 6.60. The van der Waals surface area contributed by atoms with E-state index in [9.17, 15) is 9.59 Å². The molecule has 0 radical (unpaired) electrons. The third kappa shape index (κ3) is 4.62. The molecule has 0 bridgehead atoms. The van der Waals surface area contributed by atoms with E-state index in [1.165, 1.54) is 18.2 Å².